The molecule has 2 saturated heterocycles. The molecule has 0 aliphatic carbocycles. The van der Waals surface area contributed by atoms with E-state index in [4.69, 9.17) is 4.74 Å². The Balaban J connectivity index is 1.40. The van der Waals surface area contributed by atoms with Crippen LogP contribution < -0.4 is 9.64 Å². The molecule has 0 amide bonds. The number of aromatic nitrogens is 2. The van der Waals surface area contributed by atoms with Crippen LogP contribution in [0.25, 0.3) is 11.1 Å². The quantitative estimate of drug-likeness (QED) is 0.799. The van der Waals surface area contributed by atoms with Gasteiger partial charge >= 0.3 is 0 Å². The Kier molecular flexibility index (Phi) is 5.22. The molecule has 0 radical (unpaired) electrons. The van der Waals surface area contributed by atoms with Gasteiger partial charge in [-0.1, -0.05) is 0 Å². The van der Waals surface area contributed by atoms with Crippen LogP contribution in [0.1, 0.15) is 24.8 Å². The minimum atomic E-state index is 0.734. The Morgan fingerprint density at radius 1 is 1.00 bits per heavy atom. The second kappa shape index (κ2) is 8.00. The minimum absolute atomic E-state index is 0.734. The van der Waals surface area contributed by atoms with Crippen LogP contribution in [0.3, 0.4) is 0 Å². The molecule has 1 aromatic carbocycles. The summed E-state index contributed by atoms with van der Waals surface area (Å²) in [7, 11) is 4.23. The van der Waals surface area contributed by atoms with Crippen LogP contribution in [0.4, 0.5) is 5.69 Å². The van der Waals surface area contributed by atoms with Gasteiger partial charge in [0.05, 0.1) is 18.5 Å². The van der Waals surface area contributed by atoms with E-state index in [1.54, 1.807) is 0 Å². The Labute approximate surface area is 174 Å². The summed E-state index contributed by atoms with van der Waals surface area (Å²) in [5.74, 6) is 1.08. The van der Waals surface area contributed by atoms with Gasteiger partial charge < -0.3 is 14.5 Å². The smallest absolute Gasteiger partial charge is 0.124 e. The first-order chi connectivity index (χ1) is 14.2. The lowest BCUT2D eigenvalue weighted by Gasteiger charge is -2.43. The number of benzene rings is 1. The summed E-state index contributed by atoms with van der Waals surface area (Å²) in [6.07, 6.45) is 8.84. The van der Waals surface area contributed by atoms with Crippen LogP contribution in [-0.4, -0.2) is 78.5 Å². The van der Waals surface area contributed by atoms with Crippen LogP contribution in [-0.2, 0) is 13.5 Å². The lowest BCUT2D eigenvalue weighted by atomic mass is 9.94. The molecule has 0 unspecified atom stereocenters. The Bertz CT molecular complexity index is 847. The average Bonchev–Trinajstić information content (AvgIpc) is 3.20. The predicted octanol–water partition coefficient (Wildman–Crippen LogP) is 2.63. The van der Waals surface area contributed by atoms with Gasteiger partial charge in [-0.15, -0.1) is 0 Å². The van der Waals surface area contributed by atoms with Gasteiger partial charge in [0, 0.05) is 75.2 Å². The number of aryl methyl sites for hydroxylation is 1. The van der Waals surface area contributed by atoms with Crippen molar-refractivity contribution >= 4 is 5.69 Å². The van der Waals surface area contributed by atoms with E-state index in [-0.39, 0.29) is 0 Å². The Hall–Kier alpha value is -2.05. The fourth-order valence-corrected chi connectivity index (χ4v) is 5.22. The first-order valence-corrected chi connectivity index (χ1v) is 11.1. The van der Waals surface area contributed by atoms with Gasteiger partial charge in [-0.2, -0.15) is 5.10 Å². The van der Waals surface area contributed by atoms with E-state index in [2.05, 4.69) is 45.2 Å². The molecule has 0 bridgehead atoms. The molecule has 29 heavy (non-hydrogen) atoms. The van der Waals surface area contributed by atoms with Gasteiger partial charge in [0.25, 0.3) is 0 Å². The van der Waals surface area contributed by atoms with Crippen LogP contribution in [0, 0.1) is 0 Å². The average molecular weight is 396 g/mol. The highest BCUT2D eigenvalue weighted by Crippen LogP contribution is 2.42. The zero-order valence-corrected chi connectivity index (χ0v) is 17.8. The monoisotopic (exact) mass is 395 g/mol. The molecule has 2 fully saturated rings. The lowest BCUT2D eigenvalue weighted by molar-refractivity contribution is 0.0982. The van der Waals surface area contributed by atoms with Crippen LogP contribution in [0.2, 0.25) is 0 Å². The largest absolute Gasteiger partial charge is 0.493 e. The SMILES string of the molecule is CN1CCN(C2CCN(c3c(-c4cnn(C)c4)ccc4c3CCCO4)CC2)CC1. The molecule has 0 N–H and O–H groups in total. The number of ether oxygens (including phenoxy) is 1. The highest BCUT2D eigenvalue weighted by Gasteiger charge is 2.30. The third-order valence-corrected chi connectivity index (χ3v) is 6.92. The summed E-state index contributed by atoms with van der Waals surface area (Å²) in [5.41, 5.74) is 5.31. The van der Waals surface area contributed by atoms with Gasteiger partial charge in [-0.25, -0.2) is 0 Å². The molecule has 3 aliphatic rings. The van der Waals surface area contributed by atoms with Crippen molar-refractivity contribution in [2.24, 2.45) is 7.05 Å². The van der Waals surface area contributed by atoms with E-state index in [0.717, 1.165) is 44.3 Å². The highest BCUT2D eigenvalue weighted by molar-refractivity contribution is 5.82. The summed E-state index contributed by atoms with van der Waals surface area (Å²) >= 11 is 0. The maximum absolute atomic E-state index is 6.02. The maximum atomic E-state index is 6.02. The molecule has 5 rings (SSSR count). The number of fused-ring (bicyclic) bond motifs is 1. The number of anilines is 1. The molecule has 0 saturated carbocycles. The minimum Gasteiger partial charge on any atom is -0.493 e. The summed E-state index contributed by atoms with van der Waals surface area (Å²) in [6.45, 7) is 7.93. The third kappa shape index (κ3) is 3.76. The molecular weight excluding hydrogens is 362 g/mol. The van der Waals surface area contributed by atoms with Crippen LogP contribution >= 0.6 is 0 Å². The molecular formula is C23H33N5O. The fraction of sp³-hybridized carbons (Fsp3) is 0.609. The predicted molar refractivity (Wildman–Crippen MR) is 117 cm³/mol. The van der Waals surface area contributed by atoms with Crippen molar-refractivity contribution in [2.75, 3.05) is 57.8 Å². The van der Waals surface area contributed by atoms with Gasteiger partial charge in [0.15, 0.2) is 0 Å². The van der Waals surface area contributed by atoms with Crippen molar-refractivity contribution < 1.29 is 4.74 Å². The van der Waals surface area contributed by atoms with Crippen molar-refractivity contribution in [3.8, 4) is 16.9 Å². The number of piperazine rings is 1. The van der Waals surface area contributed by atoms with E-state index in [1.807, 2.05) is 17.9 Å². The van der Waals surface area contributed by atoms with Crippen molar-refractivity contribution in [3.05, 3.63) is 30.1 Å². The van der Waals surface area contributed by atoms with Crippen molar-refractivity contribution in [3.63, 3.8) is 0 Å². The number of piperidine rings is 1. The topological polar surface area (TPSA) is 36.8 Å². The number of rotatable bonds is 3. The van der Waals surface area contributed by atoms with Crippen molar-refractivity contribution in [1.82, 2.24) is 19.6 Å². The van der Waals surface area contributed by atoms with Gasteiger partial charge in [0.1, 0.15) is 5.75 Å². The second-order valence-corrected chi connectivity index (χ2v) is 8.85. The Morgan fingerprint density at radius 3 is 2.52 bits per heavy atom. The van der Waals surface area contributed by atoms with E-state index in [0.29, 0.717) is 0 Å². The molecule has 0 spiro atoms. The lowest BCUT2D eigenvalue weighted by Crippen LogP contribution is -2.52. The van der Waals surface area contributed by atoms with E-state index in [1.165, 1.54) is 61.4 Å². The first kappa shape index (κ1) is 18.9. The molecule has 0 atom stereocenters. The normalized spacial score (nSPS) is 21.8. The third-order valence-electron chi connectivity index (χ3n) is 6.92. The zero-order chi connectivity index (χ0) is 19.8. The number of likely N-dealkylation sites (N-methyl/N-ethyl adjacent to an activating group) is 1. The Morgan fingerprint density at radius 2 is 1.79 bits per heavy atom. The molecule has 6 heteroatoms. The fourth-order valence-electron chi connectivity index (χ4n) is 5.22. The summed E-state index contributed by atoms with van der Waals surface area (Å²) in [5, 5.41) is 4.43. The number of hydrogen-bond acceptors (Lipinski definition) is 5. The molecule has 1 aromatic heterocycles. The van der Waals surface area contributed by atoms with E-state index >= 15 is 0 Å². The van der Waals surface area contributed by atoms with Gasteiger partial charge in [-0.3, -0.25) is 9.58 Å². The van der Waals surface area contributed by atoms with Crippen LogP contribution in [0.15, 0.2) is 24.5 Å². The van der Waals surface area contributed by atoms with E-state index < -0.39 is 0 Å². The molecule has 3 aliphatic heterocycles. The summed E-state index contributed by atoms with van der Waals surface area (Å²) in [4.78, 5) is 7.80. The second-order valence-electron chi connectivity index (χ2n) is 8.85. The van der Waals surface area contributed by atoms with E-state index in [9.17, 15) is 0 Å². The molecule has 6 nitrogen and oxygen atoms in total. The number of nitrogens with zero attached hydrogens (tertiary/aromatic N) is 5. The molecule has 4 heterocycles. The molecule has 156 valence electrons. The first-order valence-electron chi connectivity index (χ1n) is 11.1. The standard InChI is InChI=1S/C23H33N5O/c1-25-11-13-27(14-12-25)19-7-9-28(10-8-19)23-20(18-16-24-26(2)17-18)5-6-22-21(23)4-3-15-29-22/h5-6,16-17,19H,3-4,7-15H2,1-2H3. The highest BCUT2D eigenvalue weighted by atomic mass is 16.5. The van der Waals surface area contributed by atoms with Gasteiger partial charge in [-0.05, 0) is 44.9 Å². The molecule has 2 aromatic rings. The van der Waals surface area contributed by atoms with Crippen molar-refractivity contribution in [1.29, 1.82) is 0 Å². The van der Waals surface area contributed by atoms with Crippen molar-refractivity contribution in [2.45, 2.75) is 31.7 Å². The summed E-state index contributed by atoms with van der Waals surface area (Å²) < 4.78 is 7.91. The van der Waals surface area contributed by atoms with Crippen LogP contribution in [0.5, 0.6) is 5.75 Å². The number of hydrogen-bond donors (Lipinski definition) is 0. The maximum Gasteiger partial charge on any atom is 0.124 e. The van der Waals surface area contributed by atoms with Gasteiger partial charge in [0.2, 0.25) is 0 Å². The summed E-state index contributed by atoms with van der Waals surface area (Å²) in [6, 6.07) is 5.14. The zero-order valence-electron chi connectivity index (χ0n) is 17.8.